The summed E-state index contributed by atoms with van der Waals surface area (Å²) >= 11 is 0. The van der Waals surface area contributed by atoms with E-state index in [1.54, 1.807) is 0 Å². The Hall–Kier alpha value is -1.10. The van der Waals surface area contributed by atoms with Crippen LogP contribution in [0.15, 0.2) is 30.3 Å². The summed E-state index contributed by atoms with van der Waals surface area (Å²) in [6.07, 6.45) is 0.830. The van der Waals surface area contributed by atoms with E-state index >= 15 is 0 Å². The zero-order valence-electron chi connectivity index (χ0n) is 10.9. The molecule has 1 unspecified atom stereocenters. The third-order valence-corrected chi connectivity index (χ3v) is 3.27. The number of rotatable bonds is 6. The fraction of sp³-hybridized carbons (Fsp3) is 0.571. The molecule has 0 aliphatic carbocycles. The summed E-state index contributed by atoms with van der Waals surface area (Å²) < 4.78 is 5.64. The third-order valence-electron chi connectivity index (χ3n) is 3.27. The average molecular weight is 250 g/mol. The highest BCUT2D eigenvalue weighted by Gasteiger charge is 2.31. The van der Waals surface area contributed by atoms with Gasteiger partial charge in [-0.1, -0.05) is 18.2 Å². The van der Waals surface area contributed by atoms with Gasteiger partial charge in [-0.25, -0.2) is 0 Å². The van der Waals surface area contributed by atoms with Crippen LogP contribution in [0.2, 0.25) is 0 Å². The quantitative estimate of drug-likeness (QED) is 0.781. The van der Waals surface area contributed by atoms with Crippen molar-refractivity contribution in [1.29, 1.82) is 0 Å². The first-order valence-corrected chi connectivity index (χ1v) is 6.47. The van der Waals surface area contributed by atoms with Gasteiger partial charge in [0.25, 0.3) is 0 Å². The van der Waals surface area contributed by atoms with Crippen LogP contribution in [-0.4, -0.2) is 55.4 Å². The topological polar surface area (TPSA) is 44.7 Å². The molecule has 1 aromatic carbocycles. The number of nitrogens with one attached hydrogen (secondary N) is 1. The number of hydrogen-bond acceptors (Lipinski definition) is 4. The zero-order chi connectivity index (χ0) is 12.8. The van der Waals surface area contributed by atoms with Gasteiger partial charge in [-0.3, -0.25) is 0 Å². The number of para-hydroxylation sites is 1. The second-order valence-electron chi connectivity index (χ2n) is 5.05. The van der Waals surface area contributed by atoms with Gasteiger partial charge >= 0.3 is 0 Å². The predicted octanol–water partition coefficient (Wildman–Crippen LogP) is 0.722. The summed E-state index contributed by atoms with van der Waals surface area (Å²) in [6, 6.07) is 9.81. The first-order chi connectivity index (χ1) is 8.68. The third kappa shape index (κ3) is 3.98. The molecule has 18 heavy (non-hydrogen) atoms. The minimum atomic E-state index is -0.568. The zero-order valence-corrected chi connectivity index (χ0v) is 10.9. The maximum absolute atomic E-state index is 10.2. The molecule has 1 aliphatic heterocycles. The molecule has 4 heteroatoms. The maximum atomic E-state index is 10.2. The number of hydrogen-bond donors (Lipinski definition) is 2. The molecule has 1 saturated heterocycles. The fourth-order valence-corrected chi connectivity index (χ4v) is 2.28. The molecular weight excluding hydrogens is 228 g/mol. The lowest BCUT2D eigenvalue weighted by atomic mass is 10.0. The van der Waals surface area contributed by atoms with E-state index in [1.165, 1.54) is 0 Å². The summed E-state index contributed by atoms with van der Waals surface area (Å²) in [6.45, 7) is 3.75. The summed E-state index contributed by atoms with van der Waals surface area (Å²) in [7, 11) is 2.02. The predicted molar refractivity (Wildman–Crippen MR) is 71.9 cm³/mol. The maximum Gasteiger partial charge on any atom is 0.119 e. The van der Waals surface area contributed by atoms with Gasteiger partial charge in [0.05, 0.1) is 5.60 Å². The molecule has 100 valence electrons. The molecule has 0 bridgehead atoms. The summed E-state index contributed by atoms with van der Waals surface area (Å²) in [5, 5.41) is 13.4. The highest BCUT2D eigenvalue weighted by atomic mass is 16.5. The number of aliphatic hydroxyl groups is 1. The number of likely N-dealkylation sites (N-methyl/N-ethyl adjacent to an activating group) is 1. The van der Waals surface area contributed by atoms with Crippen LogP contribution in [0.4, 0.5) is 0 Å². The van der Waals surface area contributed by atoms with Gasteiger partial charge in [0.1, 0.15) is 12.4 Å². The lowest BCUT2D eigenvalue weighted by Gasteiger charge is -2.27. The molecule has 4 nitrogen and oxygen atoms in total. The molecule has 1 heterocycles. The molecule has 0 saturated carbocycles. The van der Waals surface area contributed by atoms with Gasteiger partial charge in [0.2, 0.25) is 0 Å². The molecule has 1 aliphatic rings. The van der Waals surface area contributed by atoms with E-state index in [-0.39, 0.29) is 0 Å². The minimum Gasteiger partial charge on any atom is -0.492 e. The molecule has 0 amide bonds. The Morgan fingerprint density at radius 1 is 1.39 bits per heavy atom. The van der Waals surface area contributed by atoms with E-state index in [4.69, 9.17) is 4.74 Å². The Labute approximate surface area is 109 Å². The van der Waals surface area contributed by atoms with Crippen molar-refractivity contribution in [2.75, 3.05) is 39.8 Å². The summed E-state index contributed by atoms with van der Waals surface area (Å²) in [5.74, 6) is 0.896. The molecule has 0 radical (unpaired) electrons. The Morgan fingerprint density at radius 2 is 2.17 bits per heavy atom. The summed E-state index contributed by atoms with van der Waals surface area (Å²) in [4.78, 5) is 2.12. The van der Waals surface area contributed by atoms with Crippen molar-refractivity contribution in [3.05, 3.63) is 30.3 Å². The smallest absolute Gasteiger partial charge is 0.119 e. The van der Waals surface area contributed by atoms with Gasteiger partial charge in [0.15, 0.2) is 0 Å². The van der Waals surface area contributed by atoms with Gasteiger partial charge in [-0.2, -0.15) is 0 Å². The van der Waals surface area contributed by atoms with Crippen molar-refractivity contribution in [2.45, 2.75) is 12.0 Å². The van der Waals surface area contributed by atoms with E-state index in [2.05, 4.69) is 10.2 Å². The molecule has 1 atom stereocenters. The highest BCUT2D eigenvalue weighted by Crippen LogP contribution is 2.15. The van der Waals surface area contributed by atoms with Crippen LogP contribution in [0.25, 0.3) is 0 Å². The molecule has 0 spiro atoms. The van der Waals surface area contributed by atoms with Crippen molar-refractivity contribution < 1.29 is 9.84 Å². The molecule has 1 fully saturated rings. The van der Waals surface area contributed by atoms with Crippen molar-refractivity contribution in [3.63, 3.8) is 0 Å². The van der Waals surface area contributed by atoms with Crippen LogP contribution in [0.1, 0.15) is 6.42 Å². The van der Waals surface area contributed by atoms with E-state index in [1.807, 2.05) is 37.4 Å². The minimum absolute atomic E-state index is 0.568. The van der Waals surface area contributed by atoms with Crippen molar-refractivity contribution in [2.24, 2.45) is 0 Å². The van der Waals surface area contributed by atoms with Crippen LogP contribution in [0.5, 0.6) is 5.75 Å². The van der Waals surface area contributed by atoms with Gasteiger partial charge in [-0.05, 0) is 32.1 Å². The molecule has 2 rings (SSSR count). The number of benzene rings is 1. The fourth-order valence-electron chi connectivity index (χ4n) is 2.28. The Kier molecular flexibility index (Phi) is 4.58. The molecule has 2 N–H and O–H groups in total. The second-order valence-corrected chi connectivity index (χ2v) is 5.05. The normalized spacial score (nSPS) is 23.5. The Morgan fingerprint density at radius 3 is 2.83 bits per heavy atom. The summed E-state index contributed by atoms with van der Waals surface area (Å²) in [5.41, 5.74) is -0.568. The monoisotopic (exact) mass is 250 g/mol. The van der Waals surface area contributed by atoms with Crippen LogP contribution < -0.4 is 10.1 Å². The van der Waals surface area contributed by atoms with E-state index < -0.39 is 5.60 Å². The first kappa shape index (κ1) is 13.3. The van der Waals surface area contributed by atoms with Gasteiger partial charge in [-0.15, -0.1) is 0 Å². The molecular formula is C14H22N2O2. The van der Waals surface area contributed by atoms with Crippen molar-refractivity contribution in [3.8, 4) is 5.75 Å². The van der Waals surface area contributed by atoms with Gasteiger partial charge in [0, 0.05) is 19.6 Å². The number of nitrogens with zero attached hydrogens (tertiary/aromatic N) is 1. The Bertz CT molecular complexity index is 350. The molecule has 0 aromatic heterocycles. The first-order valence-electron chi connectivity index (χ1n) is 6.47. The number of β-amino-alcohol motifs (C(OH)–C–C–N with tert-alkyl or cyclic N) is 1. The van der Waals surface area contributed by atoms with Gasteiger partial charge < -0.3 is 20.1 Å². The molecule has 1 aromatic rings. The SMILES string of the molecule is CN(CCOc1ccccc1)CC1(O)CCNC1. The lowest BCUT2D eigenvalue weighted by molar-refractivity contribution is 0.0255. The van der Waals surface area contributed by atoms with Crippen LogP contribution in [0, 0.1) is 0 Å². The van der Waals surface area contributed by atoms with Crippen LogP contribution in [-0.2, 0) is 0 Å². The second kappa shape index (κ2) is 6.18. The lowest BCUT2D eigenvalue weighted by Crippen LogP contribution is -2.44. The van der Waals surface area contributed by atoms with E-state index in [9.17, 15) is 5.11 Å². The highest BCUT2D eigenvalue weighted by molar-refractivity contribution is 5.20. The average Bonchev–Trinajstić information content (AvgIpc) is 2.77. The van der Waals surface area contributed by atoms with Crippen molar-refractivity contribution >= 4 is 0 Å². The number of ether oxygens (including phenoxy) is 1. The van der Waals surface area contributed by atoms with Crippen LogP contribution >= 0.6 is 0 Å². The van der Waals surface area contributed by atoms with E-state index in [0.29, 0.717) is 19.7 Å². The standard InChI is InChI=1S/C14H22N2O2/c1-16(12-14(17)7-8-15-11-14)9-10-18-13-5-3-2-4-6-13/h2-6,15,17H,7-12H2,1H3. The van der Waals surface area contributed by atoms with Crippen molar-refractivity contribution in [1.82, 2.24) is 10.2 Å². The largest absolute Gasteiger partial charge is 0.492 e. The van der Waals surface area contributed by atoms with Crippen LogP contribution in [0.3, 0.4) is 0 Å². The van der Waals surface area contributed by atoms with E-state index in [0.717, 1.165) is 25.3 Å². The Balaban J connectivity index is 1.67.